The van der Waals surface area contributed by atoms with Crippen LogP contribution in [0, 0.1) is 0 Å². The lowest BCUT2D eigenvalue weighted by atomic mass is 10.1. The molecular formula is C11H8Cl2O. The summed E-state index contributed by atoms with van der Waals surface area (Å²) in [6.07, 6.45) is 4.38. The van der Waals surface area contributed by atoms with Crippen molar-refractivity contribution in [3.8, 4) is 0 Å². The highest BCUT2D eigenvalue weighted by atomic mass is 35.5. The van der Waals surface area contributed by atoms with Crippen LogP contribution >= 0.6 is 23.2 Å². The highest BCUT2D eigenvalue weighted by Crippen LogP contribution is 2.06. The maximum absolute atomic E-state index is 11.4. The lowest BCUT2D eigenvalue weighted by Crippen LogP contribution is -1.92. The monoisotopic (exact) mass is 226 g/mol. The molecule has 0 spiro atoms. The summed E-state index contributed by atoms with van der Waals surface area (Å²) in [5.41, 5.74) is 0.642. The van der Waals surface area contributed by atoms with Gasteiger partial charge in [0, 0.05) is 5.56 Å². The van der Waals surface area contributed by atoms with E-state index in [1.54, 1.807) is 12.1 Å². The number of carbonyl (C=O) groups is 1. The van der Waals surface area contributed by atoms with Crippen molar-refractivity contribution >= 4 is 29.0 Å². The topological polar surface area (TPSA) is 17.1 Å². The van der Waals surface area contributed by atoms with Gasteiger partial charge in [-0.05, 0) is 12.2 Å². The maximum Gasteiger partial charge on any atom is 0.185 e. The Kier molecular flexibility index (Phi) is 4.44. The summed E-state index contributed by atoms with van der Waals surface area (Å²) >= 11 is 10.7. The van der Waals surface area contributed by atoms with Crippen molar-refractivity contribution in [2.75, 3.05) is 0 Å². The van der Waals surface area contributed by atoms with E-state index in [0.717, 1.165) is 0 Å². The van der Waals surface area contributed by atoms with E-state index in [2.05, 4.69) is 0 Å². The molecule has 0 amide bonds. The van der Waals surface area contributed by atoms with E-state index in [-0.39, 0.29) is 10.3 Å². The molecular weight excluding hydrogens is 219 g/mol. The molecule has 0 aliphatic carbocycles. The maximum atomic E-state index is 11.4. The van der Waals surface area contributed by atoms with Crippen LogP contribution in [-0.4, -0.2) is 5.78 Å². The average molecular weight is 227 g/mol. The van der Waals surface area contributed by atoms with Gasteiger partial charge in [-0.1, -0.05) is 59.6 Å². The van der Waals surface area contributed by atoms with Gasteiger partial charge in [0.2, 0.25) is 0 Å². The molecule has 0 aliphatic rings. The molecule has 0 N–H and O–H groups in total. The van der Waals surface area contributed by atoms with Gasteiger partial charge in [-0.15, -0.1) is 0 Å². The van der Waals surface area contributed by atoms with E-state index in [0.29, 0.717) is 5.56 Å². The van der Waals surface area contributed by atoms with Gasteiger partial charge in [0.1, 0.15) is 4.49 Å². The third kappa shape index (κ3) is 3.77. The molecule has 0 radical (unpaired) electrons. The predicted molar refractivity (Wildman–Crippen MR) is 59.7 cm³/mol. The zero-order chi connectivity index (χ0) is 10.4. The highest BCUT2D eigenvalue weighted by Gasteiger charge is 1.97. The van der Waals surface area contributed by atoms with Crippen LogP contribution in [0.15, 0.2) is 53.1 Å². The molecule has 0 saturated heterocycles. The predicted octanol–water partition coefficient (Wildman–Crippen LogP) is 3.74. The SMILES string of the molecule is O=C(C=CC=C(Cl)Cl)c1ccccc1. The van der Waals surface area contributed by atoms with Crippen molar-refractivity contribution in [1.29, 1.82) is 0 Å². The molecule has 0 fully saturated rings. The van der Waals surface area contributed by atoms with Gasteiger partial charge in [-0.2, -0.15) is 0 Å². The third-order valence-corrected chi connectivity index (χ3v) is 1.78. The first-order chi connectivity index (χ1) is 6.70. The summed E-state index contributed by atoms with van der Waals surface area (Å²) in [7, 11) is 0. The molecule has 0 aromatic heterocycles. The van der Waals surface area contributed by atoms with E-state index in [9.17, 15) is 4.79 Å². The quantitative estimate of drug-likeness (QED) is 0.436. The van der Waals surface area contributed by atoms with Crippen LogP contribution in [0.3, 0.4) is 0 Å². The standard InChI is InChI=1S/C11H8Cl2O/c12-11(13)8-4-7-10(14)9-5-2-1-3-6-9/h1-8H. The van der Waals surface area contributed by atoms with Gasteiger partial charge in [-0.25, -0.2) is 0 Å². The van der Waals surface area contributed by atoms with Crippen LogP contribution < -0.4 is 0 Å². The molecule has 3 heteroatoms. The van der Waals surface area contributed by atoms with Gasteiger partial charge in [0.25, 0.3) is 0 Å². The Hall–Kier alpha value is -1.05. The molecule has 1 rings (SSSR count). The van der Waals surface area contributed by atoms with Gasteiger partial charge in [0.05, 0.1) is 0 Å². The van der Waals surface area contributed by atoms with E-state index >= 15 is 0 Å². The smallest absolute Gasteiger partial charge is 0.185 e. The number of halogens is 2. The molecule has 0 heterocycles. The third-order valence-electron chi connectivity index (χ3n) is 1.53. The summed E-state index contributed by atoms with van der Waals surface area (Å²) in [6.45, 7) is 0. The minimum Gasteiger partial charge on any atom is -0.289 e. The summed E-state index contributed by atoms with van der Waals surface area (Å²) in [4.78, 5) is 11.4. The van der Waals surface area contributed by atoms with Crippen molar-refractivity contribution in [3.05, 3.63) is 58.6 Å². The Morgan fingerprint density at radius 2 is 1.79 bits per heavy atom. The van der Waals surface area contributed by atoms with Crippen LogP contribution in [0.4, 0.5) is 0 Å². The van der Waals surface area contributed by atoms with E-state index in [1.807, 2.05) is 18.2 Å². The number of ketones is 1. The number of rotatable bonds is 3. The molecule has 0 bridgehead atoms. The summed E-state index contributed by atoms with van der Waals surface area (Å²) in [5, 5.41) is 0. The molecule has 1 aromatic carbocycles. The number of carbonyl (C=O) groups excluding carboxylic acids is 1. The summed E-state index contributed by atoms with van der Waals surface area (Å²) < 4.78 is 0.127. The Morgan fingerprint density at radius 3 is 2.36 bits per heavy atom. The Labute approximate surface area is 92.6 Å². The lowest BCUT2D eigenvalue weighted by Gasteiger charge is -1.92. The second-order valence-corrected chi connectivity index (χ2v) is 3.55. The average Bonchev–Trinajstić information content (AvgIpc) is 2.18. The van der Waals surface area contributed by atoms with Crippen molar-refractivity contribution in [2.45, 2.75) is 0 Å². The molecule has 72 valence electrons. The number of benzene rings is 1. The van der Waals surface area contributed by atoms with Crippen LogP contribution in [0.2, 0.25) is 0 Å². The van der Waals surface area contributed by atoms with E-state index < -0.39 is 0 Å². The lowest BCUT2D eigenvalue weighted by molar-refractivity contribution is 0.104. The zero-order valence-corrected chi connectivity index (χ0v) is 8.79. The zero-order valence-electron chi connectivity index (χ0n) is 7.28. The van der Waals surface area contributed by atoms with Gasteiger partial charge in [0.15, 0.2) is 5.78 Å². The van der Waals surface area contributed by atoms with Gasteiger partial charge >= 0.3 is 0 Å². The van der Waals surface area contributed by atoms with Crippen LogP contribution in [0.25, 0.3) is 0 Å². The highest BCUT2D eigenvalue weighted by molar-refractivity contribution is 6.56. The molecule has 14 heavy (non-hydrogen) atoms. The molecule has 0 unspecified atom stereocenters. The van der Waals surface area contributed by atoms with Crippen LogP contribution in [-0.2, 0) is 0 Å². The van der Waals surface area contributed by atoms with E-state index in [1.165, 1.54) is 18.2 Å². The van der Waals surface area contributed by atoms with Crippen molar-refractivity contribution in [2.24, 2.45) is 0 Å². The Morgan fingerprint density at radius 1 is 1.14 bits per heavy atom. The summed E-state index contributed by atoms with van der Waals surface area (Å²) in [5.74, 6) is -0.0727. The first-order valence-electron chi connectivity index (χ1n) is 3.99. The fourth-order valence-corrected chi connectivity index (χ4v) is 1.05. The van der Waals surface area contributed by atoms with Crippen molar-refractivity contribution < 1.29 is 4.79 Å². The fourth-order valence-electron chi connectivity index (χ4n) is 0.907. The van der Waals surface area contributed by atoms with Gasteiger partial charge in [-0.3, -0.25) is 4.79 Å². The second-order valence-electron chi connectivity index (χ2n) is 2.55. The van der Waals surface area contributed by atoms with Gasteiger partial charge < -0.3 is 0 Å². The Balaban J connectivity index is 2.69. The van der Waals surface area contributed by atoms with Crippen molar-refractivity contribution in [3.63, 3.8) is 0 Å². The second kappa shape index (κ2) is 5.63. The summed E-state index contributed by atoms with van der Waals surface area (Å²) in [6, 6.07) is 8.98. The number of hydrogen-bond donors (Lipinski definition) is 0. The Bertz CT molecular complexity index is 362. The van der Waals surface area contributed by atoms with Crippen LogP contribution in [0.1, 0.15) is 10.4 Å². The van der Waals surface area contributed by atoms with E-state index in [4.69, 9.17) is 23.2 Å². The molecule has 1 nitrogen and oxygen atoms in total. The van der Waals surface area contributed by atoms with Crippen LogP contribution in [0.5, 0.6) is 0 Å². The fraction of sp³-hybridized carbons (Fsp3) is 0. The molecule has 0 atom stereocenters. The minimum absolute atomic E-state index is 0.0727. The molecule has 0 saturated carbocycles. The normalized spacial score (nSPS) is 10.1. The largest absolute Gasteiger partial charge is 0.289 e. The minimum atomic E-state index is -0.0727. The molecule has 1 aromatic rings. The first kappa shape index (κ1) is 11.0. The number of hydrogen-bond acceptors (Lipinski definition) is 1. The molecule has 0 aliphatic heterocycles. The number of allylic oxidation sites excluding steroid dienone is 3. The van der Waals surface area contributed by atoms with Crippen molar-refractivity contribution in [1.82, 2.24) is 0 Å². The first-order valence-corrected chi connectivity index (χ1v) is 4.74.